The summed E-state index contributed by atoms with van der Waals surface area (Å²) in [5, 5.41) is 0. The van der Waals surface area contributed by atoms with Crippen molar-refractivity contribution < 1.29 is 13.6 Å². The molecule has 0 amide bonds. The molecule has 0 aliphatic heterocycles. The smallest absolute Gasteiger partial charge is 0.166 e. The molecule has 1 aromatic carbocycles. The summed E-state index contributed by atoms with van der Waals surface area (Å²) in [4.78, 5) is 11.6. The van der Waals surface area contributed by atoms with Crippen LogP contribution in [0.3, 0.4) is 0 Å². The highest BCUT2D eigenvalue weighted by Crippen LogP contribution is 2.28. The van der Waals surface area contributed by atoms with Crippen molar-refractivity contribution in [1.82, 2.24) is 0 Å². The van der Waals surface area contributed by atoms with Gasteiger partial charge in [0.05, 0.1) is 0 Å². The predicted octanol–water partition coefficient (Wildman–Crippen LogP) is 2.73. The second kappa shape index (κ2) is 3.15. The van der Waals surface area contributed by atoms with E-state index in [1.165, 1.54) is 6.07 Å². The third kappa shape index (κ3) is 1.24. The van der Waals surface area contributed by atoms with Crippen LogP contribution in [0.5, 0.6) is 0 Å². The van der Waals surface area contributed by atoms with Crippen molar-refractivity contribution in [3.05, 3.63) is 34.9 Å². The molecule has 0 aromatic heterocycles. The summed E-state index contributed by atoms with van der Waals surface area (Å²) >= 11 is 0. The number of hydrogen-bond donors (Lipinski definition) is 0. The zero-order valence-electron chi connectivity index (χ0n) is 7.81. The molecule has 0 saturated heterocycles. The van der Waals surface area contributed by atoms with Crippen molar-refractivity contribution >= 4 is 5.78 Å². The van der Waals surface area contributed by atoms with Crippen LogP contribution in [0, 0.1) is 17.6 Å². The Morgan fingerprint density at radius 1 is 1.36 bits per heavy atom. The van der Waals surface area contributed by atoms with Crippen LogP contribution in [0.15, 0.2) is 12.1 Å². The lowest BCUT2D eigenvalue weighted by atomic mass is 9.83. The number of hydrogen-bond acceptors (Lipinski definition) is 1. The van der Waals surface area contributed by atoms with Gasteiger partial charge in [-0.3, -0.25) is 4.79 Å². The number of ketones is 1. The number of halogens is 2. The molecule has 2 rings (SSSR count). The van der Waals surface area contributed by atoms with Crippen molar-refractivity contribution in [3.63, 3.8) is 0 Å². The molecule has 0 radical (unpaired) electrons. The Bertz CT molecular complexity index is 399. The van der Waals surface area contributed by atoms with Gasteiger partial charge in [0.1, 0.15) is 0 Å². The second-order valence-corrected chi connectivity index (χ2v) is 3.69. The molecule has 1 atom stereocenters. The summed E-state index contributed by atoms with van der Waals surface area (Å²) in [5.41, 5.74) is 0.593. The highest BCUT2D eigenvalue weighted by atomic mass is 19.2. The fourth-order valence-corrected chi connectivity index (χ4v) is 1.83. The summed E-state index contributed by atoms with van der Waals surface area (Å²) in [6.07, 6.45) is 1.05. The number of benzene rings is 1. The Hall–Kier alpha value is -1.25. The Balaban J connectivity index is 2.59. The normalized spacial score (nSPS) is 20.8. The molecule has 74 valence electrons. The first-order valence-corrected chi connectivity index (χ1v) is 4.62. The highest BCUT2D eigenvalue weighted by Gasteiger charge is 2.27. The molecule has 3 heteroatoms. The molecular weight excluding hydrogens is 186 g/mol. The lowest BCUT2D eigenvalue weighted by Crippen LogP contribution is -2.21. The van der Waals surface area contributed by atoms with Gasteiger partial charge in [-0.1, -0.05) is 6.92 Å². The van der Waals surface area contributed by atoms with Crippen LogP contribution in [0.25, 0.3) is 0 Å². The van der Waals surface area contributed by atoms with Crippen molar-refractivity contribution in [2.24, 2.45) is 5.92 Å². The maximum Gasteiger partial charge on any atom is 0.166 e. The van der Waals surface area contributed by atoms with Crippen LogP contribution in [0.4, 0.5) is 8.78 Å². The summed E-state index contributed by atoms with van der Waals surface area (Å²) in [5.74, 6) is -1.88. The molecule has 0 saturated carbocycles. The van der Waals surface area contributed by atoms with E-state index in [4.69, 9.17) is 0 Å². The maximum absolute atomic E-state index is 13.3. The molecule has 0 bridgehead atoms. The lowest BCUT2D eigenvalue weighted by molar-refractivity contribution is 0.0912. The van der Waals surface area contributed by atoms with Gasteiger partial charge < -0.3 is 0 Å². The molecule has 1 aromatic rings. The average molecular weight is 196 g/mol. The molecule has 0 spiro atoms. The van der Waals surface area contributed by atoms with Gasteiger partial charge in [0.2, 0.25) is 0 Å². The van der Waals surface area contributed by atoms with Crippen LogP contribution < -0.4 is 0 Å². The summed E-state index contributed by atoms with van der Waals surface area (Å²) in [7, 11) is 0. The van der Waals surface area contributed by atoms with E-state index in [0.29, 0.717) is 18.4 Å². The van der Waals surface area contributed by atoms with E-state index >= 15 is 0 Å². The Morgan fingerprint density at radius 2 is 2.07 bits per heavy atom. The SMILES string of the molecule is CC1CCc2c(ccc(F)c2F)C1=O. The lowest BCUT2D eigenvalue weighted by Gasteiger charge is -2.20. The molecule has 1 aliphatic rings. The fourth-order valence-electron chi connectivity index (χ4n) is 1.83. The maximum atomic E-state index is 13.3. The monoisotopic (exact) mass is 196 g/mol. The van der Waals surface area contributed by atoms with Gasteiger partial charge in [0.15, 0.2) is 17.4 Å². The highest BCUT2D eigenvalue weighted by molar-refractivity contribution is 6.00. The van der Waals surface area contributed by atoms with Gasteiger partial charge in [-0.15, -0.1) is 0 Å². The van der Waals surface area contributed by atoms with Gasteiger partial charge in [0.25, 0.3) is 0 Å². The zero-order chi connectivity index (χ0) is 10.3. The minimum Gasteiger partial charge on any atom is -0.294 e. The molecular formula is C11H10F2O. The van der Waals surface area contributed by atoms with Gasteiger partial charge in [0, 0.05) is 17.0 Å². The average Bonchev–Trinajstić information content (AvgIpc) is 2.17. The summed E-state index contributed by atoms with van der Waals surface area (Å²) < 4.78 is 26.1. The Labute approximate surface area is 80.7 Å². The third-order valence-corrected chi connectivity index (χ3v) is 2.74. The molecule has 1 unspecified atom stereocenters. The van der Waals surface area contributed by atoms with Crippen molar-refractivity contribution in [2.75, 3.05) is 0 Å². The van der Waals surface area contributed by atoms with Crippen molar-refractivity contribution in [3.8, 4) is 0 Å². The number of carbonyl (C=O) groups excluding carboxylic acids is 1. The first-order chi connectivity index (χ1) is 6.61. The van der Waals surface area contributed by atoms with Gasteiger partial charge >= 0.3 is 0 Å². The predicted molar refractivity (Wildman–Crippen MR) is 48.2 cm³/mol. The summed E-state index contributed by atoms with van der Waals surface area (Å²) in [6.45, 7) is 1.81. The van der Waals surface area contributed by atoms with Crippen LogP contribution in [-0.4, -0.2) is 5.78 Å². The van der Waals surface area contributed by atoms with E-state index < -0.39 is 11.6 Å². The zero-order valence-corrected chi connectivity index (χ0v) is 7.81. The molecule has 1 nitrogen and oxygen atoms in total. The molecule has 0 fully saturated rings. The first-order valence-electron chi connectivity index (χ1n) is 4.62. The topological polar surface area (TPSA) is 17.1 Å². The minimum absolute atomic E-state index is 0.0765. The number of Topliss-reactive ketones (excluding diaryl/α,β-unsaturated/α-hetero) is 1. The molecule has 1 aliphatic carbocycles. The van der Waals surface area contributed by atoms with Crippen LogP contribution >= 0.6 is 0 Å². The quantitative estimate of drug-likeness (QED) is 0.623. The minimum atomic E-state index is -0.869. The number of carbonyl (C=O) groups is 1. The van der Waals surface area contributed by atoms with Gasteiger partial charge in [-0.2, -0.15) is 0 Å². The summed E-state index contributed by atoms with van der Waals surface area (Å²) in [6, 6.07) is 2.40. The van der Waals surface area contributed by atoms with Crippen LogP contribution in [0.1, 0.15) is 29.3 Å². The number of rotatable bonds is 0. The van der Waals surface area contributed by atoms with E-state index in [1.807, 2.05) is 6.92 Å². The van der Waals surface area contributed by atoms with Crippen LogP contribution in [0.2, 0.25) is 0 Å². The third-order valence-electron chi connectivity index (χ3n) is 2.74. The van der Waals surface area contributed by atoms with Gasteiger partial charge in [-0.25, -0.2) is 8.78 Å². The Kier molecular flexibility index (Phi) is 2.10. The van der Waals surface area contributed by atoms with E-state index in [1.54, 1.807) is 0 Å². The standard InChI is InChI=1S/C11H10F2O/c1-6-2-3-7-8(11(6)14)4-5-9(12)10(7)13/h4-6H,2-3H2,1H3. The van der Waals surface area contributed by atoms with E-state index in [9.17, 15) is 13.6 Å². The second-order valence-electron chi connectivity index (χ2n) is 3.69. The van der Waals surface area contributed by atoms with E-state index in [-0.39, 0.29) is 17.3 Å². The van der Waals surface area contributed by atoms with Crippen molar-refractivity contribution in [2.45, 2.75) is 19.8 Å². The molecule has 0 N–H and O–H groups in total. The Morgan fingerprint density at radius 3 is 2.79 bits per heavy atom. The van der Waals surface area contributed by atoms with Gasteiger partial charge in [-0.05, 0) is 25.0 Å². The fraction of sp³-hybridized carbons (Fsp3) is 0.364. The largest absolute Gasteiger partial charge is 0.294 e. The van der Waals surface area contributed by atoms with Crippen LogP contribution in [-0.2, 0) is 6.42 Å². The number of fused-ring (bicyclic) bond motifs is 1. The van der Waals surface area contributed by atoms with Crippen molar-refractivity contribution in [1.29, 1.82) is 0 Å². The first kappa shape index (κ1) is 9.31. The van der Waals surface area contributed by atoms with E-state index in [2.05, 4.69) is 0 Å². The molecule has 14 heavy (non-hydrogen) atoms. The van der Waals surface area contributed by atoms with E-state index in [0.717, 1.165) is 6.07 Å². The molecule has 0 heterocycles.